The summed E-state index contributed by atoms with van der Waals surface area (Å²) in [7, 11) is -3.60. The quantitative estimate of drug-likeness (QED) is 0.700. The summed E-state index contributed by atoms with van der Waals surface area (Å²) in [5.41, 5.74) is 0.593. The van der Waals surface area contributed by atoms with Crippen molar-refractivity contribution >= 4 is 10.0 Å². The molecule has 0 aliphatic carbocycles. The Balaban J connectivity index is 2.05. The van der Waals surface area contributed by atoms with E-state index in [2.05, 4.69) is 19.9 Å². The molecule has 1 atom stereocenters. The van der Waals surface area contributed by atoms with Crippen LogP contribution in [0, 0.1) is 0 Å². The van der Waals surface area contributed by atoms with E-state index in [0.29, 0.717) is 24.2 Å². The van der Waals surface area contributed by atoms with E-state index in [1.807, 2.05) is 6.92 Å². The largest absolute Gasteiger partial charge is 0.388 e. The zero-order chi connectivity index (χ0) is 15.3. The number of hydrogen-bond donors (Lipinski definition) is 3. The van der Waals surface area contributed by atoms with Crippen LogP contribution < -0.4 is 4.72 Å². The van der Waals surface area contributed by atoms with Crippen molar-refractivity contribution in [1.82, 2.24) is 19.9 Å². The zero-order valence-corrected chi connectivity index (χ0v) is 12.5. The van der Waals surface area contributed by atoms with Gasteiger partial charge >= 0.3 is 0 Å². The first kappa shape index (κ1) is 15.6. The topological polar surface area (TPSA) is 108 Å². The van der Waals surface area contributed by atoms with E-state index in [1.54, 1.807) is 12.1 Å². The van der Waals surface area contributed by atoms with Crippen LogP contribution >= 0.6 is 0 Å². The van der Waals surface area contributed by atoms with Crippen LogP contribution in [0.5, 0.6) is 0 Å². The maximum Gasteiger partial charge on any atom is 0.240 e. The van der Waals surface area contributed by atoms with Crippen molar-refractivity contribution in [3.8, 4) is 0 Å². The Hall–Kier alpha value is -1.77. The number of aromatic nitrogens is 3. The van der Waals surface area contributed by atoms with E-state index in [-0.39, 0.29) is 11.4 Å². The Morgan fingerprint density at radius 1 is 1.43 bits per heavy atom. The molecule has 0 saturated heterocycles. The van der Waals surface area contributed by atoms with Gasteiger partial charge in [-0.1, -0.05) is 19.1 Å². The normalized spacial score (nSPS) is 13.2. The van der Waals surface area contributed by atoms with Gasteiger partial charge in [-0.3, -0.25) is 5.10 Å². The van der Waals surface area contributed by atoms with Crippen molar-refractivity contribution in [2.75, 3.05) is 6.54 Å². The summed E-state index contributed by atoms with van der Waals surface area (Å²) in [6.45, 7) is 2.06. The number of sulfonamides is 1. The summed E-state index contributed by atoms with van der Waals surface area (Å²) in [5, 5.41) is 16.1. The second kappa shape index (κ2) is 6.79. The van der Waals surface area contributed by atoms with Gasteiger partial charge in [0.15, 0.2) is 0 Å². The minimum absolute atomic E-state index is 0.144. The average molecular weight is 310 g/mol. The zero-order valence-electron chi connectivity index (χ0n) is 11.7. The predicted octanol–water partition coefficient (Wildman–Crippen LogP) is 0.769. The van der Waals surface area contributed by atoms with E-state index < -0.39 is 16.1 Å². The number of hydrogen-bond acceptors (Lipinski definition) is 5. The van der Waals surface area contributed by atoms with E-state index in [9.17, 15) is 13.5 Å². The second-order valence-corrected chi connectivity index (χ2v) is 6.34. The van der Waals surface area contributed by atoms with Crippen LogP contribution in [-0.2, 0) is 16.4 Å². The number of benzene rings is 1. The maximum atomic E-state index is 12.2. The number of nitrogens with zero attached hydrogens (tertiary/aromatic N) is 2. The molecule has 1 aromatic heterocycles. The van der Waals surface area contributed by atoms with Crippen molar-refractivity contribution in [3.05, 3.63) is 42.0 Å². The van der Waals surface area contributed by atoms with E-state index in [1.165, 1.54) is 18.5 Å². The van der Waals surface area contributed by atoms with Crippen molar-refractivity contribution in [2.24, 2.45) is 0 Å². The maximum absolute atomic E-state index is 12.2. The van der Waals surface area contributed by atoms with Crippen LogP contribution in [-0.4, -0.2) is 35.3 Å². The van der Waals surface area contributed by atoms with Crippen molar-refractivity contribution in [1.29, 1.82) is 0 Å². The Morgan fingerprint density at radius 3 is 2.90 bits per heavy atom. The molecule has 3 N–H and O–H groups in total. The lowest BCUT2D eigenvalue weighted by Crippen LogP contribution is -2.26. The molecule has 0 saturated carbocycles. The molecule has 0 radical (unpaired) electrons. The first-order valence-corrected chi connectivity index (χ1v) is 8.13. The molecule has 1 heterocycles. The molecule has 114 valence electrons. The van der Waals surface area contributed by atoms with Gasteiger partial charge in [-0.15, -0.1) is 0 Å². The molecule has 0 aliphatic rings. The number of H-pyrrole nitrogens is 1. The highest BCUT2D eigenvalue weighted by atomic mass is 32.2. The number of aliphatic hydroxyl groups is 1. The minimum atomic E-state index is -3.60. The highest BCUT2D eigenvalue weighted by molar-refractivity contribution is 7.89. The molecule has 2 aromatic rings. The molecule has 0 bridgehead atoms. The Morgan fingerprint density at radius 2 is 2.24 bits per heavy atom. The molecule has 0 amide bonds. The van der Waals surface area contributed by atoms with E-state index in [0.717, 1.165) is 0 Å². The summed E-state index contributed by atoms with van der Waals surface area (Å²) in [6.07, 6.45) is 1.67. The number of aliphatic hydroxyl groups excluding tert-OH is 1. The number of rotatable bonds is 7. The van der Waals surface area contributed by atoms with Gasteiger partial charge < -0.3 is 5.11 Å². The molecule has 0 fully saturated rings. The number of nitrogens with one attached hydrogen (secondary N) is 2. The average Bonchev–Trinajstić information content (AvgIpc) is 2.99. The fraction of sp³-hybridized carbons (Fsp3) is 0.385. The Bertz CT molecular complexity index is 670. The summed E-state index contributed by atoms with van der Waals surface area (Å²) in [5.74, 6) is 0.618. The van der Waals surface area contributed by atoms with Gasteiger partial charge in [0.1, 0.15) is 12.2 Å². The lowest BCUT2D eigenvalue weighted by atomic mass is 10.1. The standard InChI is InChI=1S/C13H18N4O3S/c1-2-12(18)10-4-3-5-11(8-10)21(19,20)16-7-6-13-14-9-15-17-13/h3-5,8-9,12,16,18H,2,6-7H2,1H3,(H,14,15,17). The molecule has 2 rings (SSSR count). The smallest absolute Gasteiger partial charge is 0.240 e. The first-order valence-electron chi connectivity index (χ1n) is 6.65. The van der Waals surface area contributed by atoms with Crippen LogP contribution in [0.2, 0.25) is 0 Å². The summed E-state index contributed by atoms with van der Waals surface area (Å²) >= 11 is 0. The third-order valence-electron chi connectivity index (χ3n) is 3.06. The van der Waals surface area contributed by atoms with Gasteiger partial charge in [0.25, 0.3) is 0 Å². The molecule has 0 aliphatic heterocycles. The van der Waals surface area contributed by atoms with Crippen LogP contribution in [0.3, 0.4) is 0 Å². The summed E-state index contributed by atoms with van der Waals surface area (Å²) < 4.78 is 26.9. The van der Waals surface area contributed by atoms with Gasteiger partial charge in [-0.25, -0.2) is 18.1 Å². The van der Waals surface area contributed by atoms with Gasteiger partial charge in [0.2, 0.25) is 10.0 Å². The van der Waals surface area contributed by atoms with Gasteiger partial charge in [0.05, 0.1) is 11.0 Å². The third kappa shape index (κ3) is 4.10. The summed E-state index contributed by atoms with van der Waals surface area (Å²) in [6, 6.07) is 6.33. The minimum Gasteiger partial charge on any atom is -0.388 e. The lowest BCUT2D eigenvalue weighted by molar-refractivity contribution is 0.173. The highest BCUT2D eigenvalue weighted by Gasteiger charge is 2.15. The second-order valence-electron chi connectivity index (χ2n) is 4.58. The van der Waals surface area contributed by atoms with E-state index >= 15 is 0 Å². The molecular formula is C13H18N4O3S. The third-order valence-corrected chi connectivity index (χ3v) is 4.52. The summed E-state index contributed by atoms with van der Waals surface area (Å²) in [4.78, 5) is 4.07. The fourth-order valence-electron chi connectivity index (χ4n) is 1.86. The Kier molecular flexibility index (Phi) is 5.05. The first-order chi connectivity index (χ1) is 10.0. The molecule has 7 nitrogen and oxygen atoms in total. The van der Waals surface area contributed by atoms with E-state index in [4.69, 9.17) is 0 Å². The predicted molar refractivity (Wildman–Crippen MR) is 77.0 cm³/mol. The van der Waals surface area contributed by atoms with Crippen molar-refractivity contribution in [2.45, 2.75) is 30.8 Å². The Labute approximate surface area is 123 Å². The van der Waals surface area contributed by atoms with Crippen LogP contribution in [0.4, 0.5) is 0 Å². The van der Waals surface area contributed by atoms with Gasteiger partial charge in [0, 0.05) is 13.0 Å². The molecule has 8 heteroatoms. The van der Waals surface area contributed by atoms with Crippen molar-refractivity contribution < 1.29 is 13.5 Å². The molecule has 0 spiro atoms. The fourth-order valence-corrected chi connectivity index (χ4v) is 2.95. The molecule has 1 aromatic carbocycles. The monoisotopic (exact) mass is 310 g/mol. The molecule has 1 unspecified atom stereocenters. The highest BCUT2D eigenvalue weighted by Crippen LogP contribution is 2.19. The number of aromatic amines is 1. The SMILES string of the molecule is CCC(O)c1cccc(S(=O)(=O)NCCc2ncn[nH]2)c1. The van der Waals surface area contributed by atoms with Crippen LogP contribution in [0.25, 0.3) is 0 Å². The molecular weight excluding hydrogens is 292 g/mol. The van der Waals surface area contributed by atoms with Crippen molar-refractivity contribution in [3.63, 3.8) is 0 Å². The lowest BCUT2D eigenvalue weighted by Gasteiger charge is -2.11. The molecule has 21 heavy (non-hydrogen) atoms. The van der Waals surface area contributed by atoms with Gasteiger partial charge in [-0.05, 0) is 24.1 Å². The van der Waals surface area contributed by atoms with Crippen LogP contribution in [0.1, 0.15) is 30.8 Å². The van der Waals surface area contributed by atoms with Gasteiger partial charge in [-0.2, -0.15) is 5.10 Å². The van der Waals surface area contributed by atoms with Crippen LogP contribution in [0.15, 0.2) is 35.5 Å².